The Bertz CT molecular complexity index is 1570. The van der Waals surface area contributed by atoms with Gasteiger partial charge in [0, 0.05) is 31.7 Å². The van der Waals surface area contributed by atoms with Gasteiger partial charge in [0.15, 0.2) is 26.2 Å². The molecule has 0 bridgehead atoms. The first-order valence-corrected chi connectivity index (χ1v) is 12.0. The Morgan fingerprint density at radius 2 is 1.91 bits per heavy atom. The highest BCUT2D eigenvalue weighted by atomic mass is 32.2. The lowest BCUT2D eigenvalue weighted by Crippen LogP contribution is -2.25. The average molecular weight is 493 g/mol. The fourth-order valence-electron chi connectivity index (χ4n) is 3.53. The van der Waals surface area contributed by atoms with Crippen molar-refractivity contribution in [3.05, 3.63) is 35.8 Å². The highest BCUT2D eigenvalue weighted by Gasteiger charge is 2.33. The topological polar surface area (TPSA) is 124 Å². The molecular formula is C20H18F3N7O3S. The molecule has 4 aromatic rings. The minimum absolute atomic E-state index is 0.0186. The number of carbonyl (C=O) groups is 1. The highest BCUT2D eigenvalue weighted by Crippen LogP contribution is 2.34. The minimum atomic E-state index is -4.61. The fraction of sp³-hybridized carbons (Fsp3) is 0.350. The number of hydrogen-bond acceptors (Lipinski definition) is 7. The number of sulfone groups is 1. The van der Waals surface area contributed by atoms with Gasteiger partial charge in [-0.05, 0) is 18.9 Å². The van der Waals surface area contributed by atoms with E-state index < -0.39 is 21.6 Å². The summed E-state index contributed by atoms with van der Waals surface area (Å²) in [5, 5.41) is 6.65. The maximum Gasteiger partial charge on any atom is 0.417 e. The SMILES string of the molecule is CCS(=O)(=O)c1nn2cc(C(=O)NC3CC3)cnc2c1-c1nc2cc(C(F)(F)F)cnc2n1C. The van der Waals surface area contributed by atoms with Gasteiger partial charge in [0.25, 0.3) is 5.91 Å². The summed E-state index contributed by atoms with van der Waals surface area (Å²) in [4.78, 5) is 24.8. The van der Waals surface area contributed by atoms with E-state index in [2.05, 4.69) is 25.4 Å². The van der Waals surface area contributed by atoms with Gasteiger partial charge in [0.05, 0.1) is 16.9 Å². The predicted molar refractivity (Wildman–Crippen MR) is 114 cm³/mol. The van der Waals surface area contributed by atoms with Crippen LogP contribution in [0.25, 0.3) is 28.2 Å². The number of aryl methyl sites for hydroxylation is 1. The zero-order valence-corrected chi connectivity index (χ0v) is 18.8. The van der Waals surface area contributed by atoms with E-state index in [1.165, 1.54) is 35.4 Å². The molecule has 0 aromatic carbocycles. The van der Waals surface area contributed by atoms with Gasteiger partial charge in [-0.1, -0.05) is 6.92 Å². The monoisotopic (exact) mass is 493 g/mol. The number of halogens is 3. The van der Waals surface area contributed by atoms with Gasteiger partial charge in [0.1, 0.15) is 16.9 Å². The predicted octanol–water partition coefficient (Wildman–Crippen LogP) is 2.38. The zero-order chi connectivity index (χ0) is 24.4. The van der Waals surface area contributed by atoms with E-state index in [-0.39, 0.29) is 56.5 Å². The van der Waals surface area contributed by atoms with Crippen LogP contribution in [-0.2, 0) is 23.1 Å². The normalized spacial score (nSPS) is 14.7. The van der Waals surface area contributed by atoms with Crippen LogP contribution >= 0.6 is 0 Å². The molecule has 1 fully saturated rings. The summed E-state index contributed by atoms with van der Waals surface area (Å²) in [7, 11) is -2.38. The number of imidazole rings is 1. The van der Waals surface area contributed by atoms with Gasteiger partial charge in [0.2, 0.25) is 0 Å². The molecule has 0 aliphatic heterocycles. The number of rotatable bonds is 5. The number of hydrogen-bond donors (Lipinski definition) is 1. The minimum Gasteiger partial charge on any atom is -0.349 e. The summed E-state index contributed by atoms with van der Waals surface area (Å²) in [6.07, 6.45) is 0.520. The molecule has 4 aromatic heterocycles. The summed E-state index contributed by atoms with van der Waals surface area (Å²) in [5.74, 6) is -0.605. The van der Waals surface area contributed by atoms with Gasteiger partial charge in [-0.2, -0.15) is 18.3 Å². The maximum absolute atomic E-state index is 13.1. The molecule has 1 amide bonds. The number of alkyl halides is 3. The van der Waals surface area contributed by atoms with Crippen LogP contribution in [-0.4, -0.2) is 55.3 Å². The Balaban J connectivity index is 1.73. The third kappa shape index (κ3) is 3.67. The van der Waals surface area contributed by atoms with Crippen molar-refractivity contribution in [3.63, 3.8) is 0 Å². The molecule has 0 unspecified atom stereocenters. The van der Waals surface area contributed by atoms with Gasteiger partial charge in [-0.15, -0.1) is 0 Å². The van der Waals surface area contributed by atoms with Crippen LogP contribution in [0.2, 0.25) is 0 Å². The van der Waals surface area contributed by atoms with E-state index in [1.54, 1.807) is 0 Å². The molecule has 178 valence electrons. The van der Waals surface area contributed by atoms with Crippen LogP contribution in [0, 0.1) is 0 Å². The van der Waals surface area contributed by atoms with Crippen LogP contribution in [0.1, 0.15) is 35.7 Å². The molecule has 34 heavy (non-hydrogen) atoms. The van der Waals surface area contributed by atoms with Crippen LogP contribution in [0.4, 0.5) is 13.2 Å². The van der Waals surface area contributed by atoms with Crippen LogP contribution in [0.3, 0.4) is 0 Å². The number of carbonyl (C=O) groups excluding carboxylic acids is 1. The van der Waals surface area contributed by atoms with Crippen LogP contribution < -0.4 is 5.32 Å². The Kier molecular flexibility index (Phi) is 4.90. The lowest BCUT2D eigenvalue weighted by molar-refractivity contribution is -0.137. The lowest BCUT2D eigenvalue weighted by atomic mass is 10.2. The molecule has 14 heteroatoms. The Morgan fingerprint density at radius 3 is 2.56 bits per heavy atom. The third-order valence-electron chi connectivity index (χ3n) is 5.55. The summed E-state index contributed by atoms with van der Waals surface area (Å²) in [6, 6.07) is 0.959. The Labute approximate surface area is 190 Å². The van der Waals surface area contributed by atoms with Crippen molar-refractivity contribution in [2.75, 3.05) is 5.75 Å². The van der Waals surface area contributed by atoms with Crippen molar-refractivity contribution in [1.82, 2.24) is 34.4 Å². The Hall–Kier alpha value is -3.55. The molecule has 1 N–H and O–H groups in total. The van der Waals surface area contributed by atoms with Crippen molar-refractivity contribution in [3.8, 4) is 11.4 Å². The highest BCUT2D eigenvalue weighted by molar-refractivity contribution is 7.91. The maximum atomic E-state index is 13.1. The second-order valence-corrected chi connectivity index (χ2v) is 10.2. The second-order valence-electron chi connectivity index (χ2n) is 8.00. The molecule has 0 saturated heterocycles. The molecule has 1 aliphatic carbocycles. The summed E-state index contributed by atoms with van der Waals surface area (Å²) < 4.78 is 67.7. The van der Waals surface area contributed by atoms with E-state index in [1.807, 2.05) is 0 Å². The summed E-state index contributed by atoms with van der Waals surface area (Å²) in [5.41, 5.74) is -0.616. The van der Waals surface area contributed by atoms with Gasteiger partial charge < -0.3 is 9.88 Å². The van der Waals surface area contributed by atoms with E-state index in [4.69, 9.17) is 0 Å². The Morgan fingerprint density at radius 1 is 1.21 bits per heavy atom. The van der Waals surface area contributed by atoms with Crippen molar-refractivity contribution in [2.24, 2.45) is 7.05 Å². The smallest absolute Gasteiger partial charge is 0.349 e. The summed E-state index contributed by atoms with van der Waals surface area (Å²) in [6.45, 7) is 1.44. The average Bonchev–Trinajstić information content (AvgIpc) is 3.43. The first-order chi connectivity index (χ1) is 16.0. The number of nitrogens with one attached hydrogen (secondary N) is 1. The van der Waals surface area contributed by atoms with Gasteiger partial charge >= 0.3 is 6.18 Å². The van der Waals surface area contributed by atoms with E-state index in [0.29, 0.717) is 6.20 Å². The molecule has 0 radical (unpaired) electrons. The molecule has 10 nitrogen and oxygen atoms in total. The molecule has 0 atom stereocenters. The van der Waals surface area contributed by atoms with Gasteiger partial charge in [-0.25, -0.2) is 27.9 Å². The largest absolute Gasteiger partial charge is 0.417 e. The van der Waals surface area contributed by atoms with E-state index in [0.717, 1.165) is 18.9 Å². The molecule has 1 saturated carbocycles. The van der Waals surface area contributed by atoms with Crippen LogP contribution in [0.5, 0.6) is 0 Å². The number of amides is 1. The fourth-order valence-corrected chi connectivity index (χ4v) is 4.51. The van der Waals surface area contributed by atoms with Crippen molar-refractivity contribution in [1.29, 1.82) is 0 Å². The van der Waals surface area contributed by atoms with E-state index in [9.17, 15) is 26.4 Å². The number of nitrogens with zero attached hydrogens (tertiary/aromatic N) is 6. The zero-order valence-electron chi connectivity index (χ0n) is 18.0. The van der Waals surface area contributed by atoms with Crippen molar-refractivity contribution in [2.45, 2.75) is 37.0 Å². The second kappa shape index (κ2) is 7.48. The standard InChI is InChI=1S/C20H18F3N7O3S/c1-3-34(32,33)19-14(16-24-7-10(9-30(16)28-19)18(31)26-12-4-5-12)17-27-13-6-11(20(21,22)23)8-25-15(13)29(17)2/h6-9,12H,3-5H2,1-2H3,(H,26,31). The molecule has 4 heterocycles. The summed E-state index contributed by atoms with van der Waals surface area (Å²) >= 11 is 0. The quantitative estimate of drug-likeness (QED) is 0.453. The molecule has 1 aliphatic rings. The van der Waals surface area contributed by atoms with E-state index >= 15 is 0 Å². The molecule has 0 spiro atoms. The van der Waals surface area contributed by atoms with Crippen LogP contribution in [0.15, 0.2) is 29.7 Å². The molecular weight excluding hydrogens is 475 g/mol. The number of aromatic nitrogens is 6. The third-order valence-corrected chi connectivity index (χ3v) is 7.18. The molecule has 5 rings (SSSR count). The van der Waals surface area contributed by atoms with Crippen molar-refractivity contribution >= 4 is 32.6 Å². The number of fused-ring (bicyclic) bond motifs is 2. The number of pyridine rings is 1. The first-order valence-electron chi connectivity index (χ1n) is 10.3. The first kappa shape index (κ1) is 22.3. The van der Waals surface area contributed by atoms with Crippen molar-refractivity contribution < 1.29 is 26.4 Å². The lowest BCUT2D eigenvalue weighted by Gasteiger charge is -2.05. The van der Waals surface area contributed by atoms with Gasteiger partial charge in [-0.3, -0.25) is 4.79 Å².